The Morgan fingerprint density at radius 3 is 2.05 bits per heavy atom. The van der Waals surface area contributed by atoms with Crippen molar-refractivity contribution in [1.82, 2.24) is 14.7 Å². The standard InChI is InChI=1S/C15H32N4/c1-17(2)15(18(3)4)16-12-9-13-19(5)14-10-7-6-8-11-14/h14H,6-13H2,1-5H3. The predicted molar refractivity (Wildman–Crippen MR) is 83.8 cm³/mol. The highest BCUT2D eigenvalue weighted by molar-refractivity contribution is 5.79. The molecule has 0 aromatic heterocycles. The summed E-state index contributed by atoms with van der Waals surface area (Å²) in [7, 11) is 10.5. The van der Waals surface area contributed by atoms with Crippen LogP contribution in [0.4, 0.5) is 0 Å². The lowest BCUT2D eigenvalue weighted by Gasteiger charge is -2.31. The molecule has 0 aliphatic heterocycles. The first-order valence-electron chi connectivity index (χ1n) is 7.61. The van der Waals surface area contributed by atoms with Crippen LogP contribution >= 0.6 is 0 Å². The summed E-state index contributed by atoms with van der Waals surface area (Å²) in [4.78, 5) is 11.4. The van der Waals surface area contributed by atoms with E-state index >= 15 is 0 Å². The fourth-order valence-electron chi connectivity index (χ4n) is 2.89. The van der Waals surface area contributed by atoms with Crippen LogP contribution in [-0.2, 0) is 0 Å². The molecular weight excluding hydrogens is 236 g/mol. The van der Waals surface area contributed by atoms with Gasteiger partial charge in [-0.2, -0.15) is 0 Å². The quantitative estimate of drug-likeness (QED) is 0.433. The molecule has 0 saturated heterocycles. The molecule has 0 aromatic carbocycles. The number of nitrogens with zero attached hydrogens (tertiary/aromatic N) is 4. The van der Waals surface area contributed by atoms with Gasteiger partial charge in [0.05, 0.1) is 0 Å². The monoisotopic (exact) mass is 268 g/mol. The van der Waals surface area contributed by atoms with Crippen molar-refractivity contribution < 1.29 is 0 Å². The van der Waals surface area contributed by atoms with Crippen molar-refractivity contribution in [2.75, 3.05) is 48.3 Å². The van der Waals surface area contributed by atoms with Crippen molar-refractivity contribution in [1.29, 1.82) is 0 Å². The maximum atomic E-state index is 4.68. The zero-order chi connectivity index (χ0) is 14.3. The Balaban J connectivity index is 2.27. The van der Waals surface area contributed by atoms with Crippen LogP contribution in [0, 0.1) is 0 Å². The molecule has 0 atom stereocenters. The van der Waals surface area contributed by atoms with Crippen LogP contribution in [0.25, 0.3) is 0 Å². The summed E-state index contributed by atoms with van der Waals surface area (Å²) in [5.74, 6) is 1.06. The van der Waals surface area contributed by atoms with E-state index in [1.54, 1.807) is 0 Å². The minimum absolute atomic E-state index is 0.819. The van der Waals surface area contributed by atoms with Crippen molar-refractivity contribution in [2.24, 2.45) is 4.99 Å². The molecule has 1 aliphatic carbocycles. The van der Waals surface area contributed by atoms with E-state index in [4.69, 9.17) is 0 Å². The lowest BCUT2D eigenvalue weighted by atomic mass is 9.94. The zero-order valence-corrected chi connectivity index (χ0v) is 13.5. The summed E-state index contributed by atoms with van der Waals surface area (Å²) in [5, 5.41) is 0. The smallest absolute Gasteiger partial charge is 0.195 e. The first-order valence-corrected chi connectivity index (χ1v) is 7.61. The topological polar surface area (TPSA) is 22.1 Å². The van der Waals surface area contributed by atoms with Gasteiger partial charge in [-0.15, -0.1) is 0 Å². The molecule has 1 fully saturated rings. The second-order valence-corrected chi connectivity index (χ2v) is 6.10. The van der Waals surface area contributed by atoms with Crippen molar-refractivity contribution in [2.45, 2.75) is 44.6 Å². The van der Waals surface area contributed by atoms with Gasteiger partial charge < -0.3 is 14.7 Å². The van der Waals surface area contributed by atoms with E-state index in [-0.39, 0.29) is 0 Å². The minimum Gasteiger partial charge on any atom is -0.349 e. The number of aliphatic imine (C=N–C) groups is 1. The second-order valence-electron chi connectivity index (χ2n) is 6.10. The normalized spacial score (nSPS) is 16.5. The van der Waals surface area contributed by atoms with Gasteiger partial charge in [-0.05, 0) is 32.9 Å². The molecule has 1 aliphatic rings. The van der Waals surface area contributed by atoms with Gasteiger partial charge in [0.2, 0.25) is 0 Å². The minimum atomic E-state index is 0.819. The summed E-state index contributed by atoms with van der Waals surface area (Å²) < 4.78 is 0. The Bertz CT molecular complexity index is 257. The maximum Gasteiger partial charge on any atom is 0.195 e. The fraction of sp³-hybridized carbons (Fsp3) is 0.933. The Labute approximate surface area is 119 Å². The third-order valence-corrected chi connectivity index (χ3v) is 3.92. The van der Waals surface area contributed by atoms with Crippen LogP contribution in [0.5, 0.6) is 0 Å². The average Bonchev–Trinajstić information content (AvgIpc) is 2.38. The van der Waals surface area contributed by atoms with Gasteiger partial charge in [-0.3, -0.25) is 4.99 Å². The van der Waals surface area contributed by atoms with Gasteiger partial charge in [0.15, 0.2) is 5.96 Å². The molecule has 1 saturated carbocycles. The largest absolute Gasteiger partial charge is 0.349 e. The summed E-state index contributed by atoms with van der Waals surface area (Å²) in [5.41, 5.74) is 0. The first kappa shape index (κ1) is 16.3. The number of hydrogen-bond acceptors (Lipinski definition) is 2. The van der Waals surface area contributed by atoms with Crippen LogP contribution in [0.1, 0.15) is 38.5 Å². The predicted octanol–water partition coefficient (Wildman–Crippen LogP) is 2.12. The van der Waals surface area contributed by atoms with E-state index in [0.29, 0.717) is 0 Å². The van der Waals surface area contributed by atoms with Gasteiger partial charge in [0, 0.05) is 40.8 Å². The molecule has 0 unspecified atom stereocenters. The lowest BCUT2D eigenvalue weighted by molar-refractivity contribution is 0.191. The fourth-order valence-corrected chi connectivity index (χ4v) is 2.89. The van der Waals surface area contributed by atoms with Crippen molar-refractivity contribution in [3.63, 3.8) is 0 Å². The number of rotatable bonds is 5. The van der Waals surface area contributed by atoms with Gasteiger partial charge in [0.25, 0.3) is 0 Å². The number of hydrogen-bond donors (Lipinski definition) is 0. The average molecular weight is 268 g/mol. The summed E-state index contributed by atoms with van der Waals surface area (Å²) in [6.07, 6.45) is 8.19. The molecule has 1 rings (SSSR count). The maximum absolute atomic E-state index is 4.68. The first-order chi connectivity index (χ1) is 9.02. The molecule has 4 heteroatoms. The van der Waals surface area contributed by atoms with Gasteiger partial charge in [0.1, 0.15) is 0 Å². The molecule has 0 heterocycles. The highest BCUT2D eigenvalue weighted by atomic mass is 15.3. The third kappa shape index (κ3) is 5.81. The highest BCUT2D eigenvalue weighted by Crippen LogP contribution is 2.21. The van der Waals surface area contributed by atoms with Crippen LogP contribution in [0.2, 0.25) is 0 Å². The van der Waals surface area contributed by atoms with Crippen LogP contribution in [0.15, 0.2) is 4.99 Å². The zero-order valence-electron chi connectivity index (χ0n) is 13.5. The van der Waals surface area contributed by atoms with Crippen molar-refractivity contribution in [3.8, 4) is 0 Å². The molecule has 0 aromatic rings. The Morgan fingerprint density at radius 2 is 1.53 bits per heavy atom. The van der Waals surface area contributed by atoms with Crippen LogP contribution < -0.4 is 0 Å². The summed E-state index contributed by atoms with van der Waals surface area (Å²) in [6, 6.07) is 0.819. The van der Waals surface area contributed by atoms with Gasteiger partial charge in [-0.1, -0.05) is 19.3 Å². The second kappa shape index (κ2) is 8.41. The van der Waals surface area contributed by atoms with E-state index in [2.05, 4.69) is 26.7 Å². The molecule has 112 valence electrons. The molecular formula is C15H32N4. The summed E-state index contributed by atoms with van der Waals surface area (Å²) >= 11 is 0. The number of guanidine groups is 1. The SMILES string of the molecule is CN(C)C(=NCCCN(C)C1CCCCC1)N(C)C. The van der Waals surface area contributed by atoms with Crippen LogP contribution in [0.3, 0.4) is 0 Å². The molecule has 0 amide bonds. The van der Waals surface area contributed by atoms with Crippen molar-refractivity contribution in [3.05, 3.63) is 0 Å². The van der Waals surface area contributed by atoms with Crippen LogP contribution in [-0.4, -0.2) is 75.0 Å². The van der Waals surface area contributed by atoms with E-state index < -0.39 is 0 Å². The lowest BCUT2D eigenvalue weighted by Crippen LogP contribution is -2.36. The molecule has 0 radical (unpaired) electrons. The molecule has 19 heavy (non-hydrogen) atoms. The van der Waals surface area contributed by atoms with E-state index in [9.17, 15) is 0 Å². The molecule has 4 nitrogen and oxygen atoms in total. The van der Waals surface area contributed by atoms with Gasteiger partial charge in [-0.25, -0.2) is 0 Å². The van der Waals surface area contributed by atoms with E-state index in [1.807, 2.05) is 28.2 Å². The van der Waals surface area contributed by atoms with Crippen molar-refractivity contribution >= 4 is 5.96 Å². The van der Waals surface area contributed by atoms with E-state index in [1.165, 1.54) is 38.6 Å². The molecule has 0 N–H and O–H groups in total. The third-order valence-electron chi connectivity index (χ3n) is 3.92. The Kier molecular flexibility index (Phi) is 7.21. The summed E-state index contributed by atoms with van der Waals surface area (Å²) in [6.45, 7) is 2.09. The van der Waals surface area contributed by atoms with E-state index in [0.717, 1.165) is 25.0 Å². The Hall–Kier alpha value is -0.770. The molecule has 0 bridgehead atoms. The Morgan fingerprint density at radius 1 is 0.947 bits per heavy atom. The van der Waals surface area contributed by atoms with Gasteiger partial charge >= 0.3 is 0 Å². The highest BCUT2D eigenvalue weighted by Gasteiger charge is 2.17. The molecule has 0 spiro atoms.